The van der Waals surface area contributed by atoms with Gasteiger partial charge in [0.1, 0.15) is 6.04 Å². The van der Waals surface area contributed by atoms with E-state index in [4.69, 9.17) is 5.73 Å². The molecule has 0 radical (unpaired) electrons. The van der Waals surface area contributed by atoms with Crippen LogP contribution in [0.4, 0.5) is 0 Å². The molecule has 1 aliphatic heterocycles. The summed E-state index contributed by atoms with van der Waals surface area (Å²) in [5.74, 6) is -0.256. The highest BCUT2D eigenvalue weighted by atomic mass is 16.2. The number of primary amides is 1. The summed E-state index contributed by atoms with van der Waals surface area (Å²) in [6, 6.07) is 9.51. The fraction of sp³-hybridized carbons (Fsp3) is 0.600. The average molecular weight is 343 g/mol. The molecule has 3 N–H and O–H groups in total. The predicted octanol–water partition coefficient (Wildman–Crippen LogP) is 2.37. The first-order valence-electron chi connectivity index (χ1n) is 9.54. The standard InChI is InChI=1S/C20H29N3O2/c21-19(24)18(15-8-3-1-4-9-15)23-13-7-10-16(14-23)20(25)22-17-11-5-2-6-12-17/h1,3-4,8-9,16-18H,2,5-7,10-14H2,(H2,21,24)(H,22,25)/t16-,18-/m0/s1. The number of benzene rings is 1. The monoisotopic (exact) mass is 343 g/mol. The van der Waals surface area contributed by atoms with E-state index >= 15 is 0 Å². The van der Waals surface area contributed by atoms with E-state index in [2.05, 4.69) is 10.2 Å². The Hall–Kier alpha value is -1.88. The van der Waals surface area contributed by atoms with Crippen molar-refractivity contribution in [2.45, 2.75) is 57.0 Å². The van der Waals surface area contributed by atoms with Gasteiger partial charge in [-0.1, -0.05) is 49.6 Å². The molecule has 1 aromatic carbocycles. The summed E-state index contributed by atoms with van der Waals surface area (Å²) in [5, 5.41) is 3.24. The molecule has 0 bridgehead atoms. The van der Waals surface area contributed by atoms with E-state index in [9.17, 15) is 9.59 Å². The molecular weight excluding hydrogens is 314 g/mol. The molecule has 2 fully saturated rings. The Kier molecular flexibility index (Phi) is 6.08. The van der Waals surface area contributed by atoms with Gasteiger partial charge >= 0.3 is 0 Å². The third-order valence-electron chi connectivity index (χ3n) is 5.53. The molecule has 136 valence electrons. The molecule has 0 aromatic heterocycles. The van der Waals surface area contributed by atoms with Crippen LogP contribution in [0.15, 0.2) is 30.3 Å². The normalized spacial score (nSPS) is 23.8. The number of piperidine rings is 1. The van der Waals surface area contributed by atoms with Gasteiger partial charge in [-0.15, -0.1) is 0 Å². The number of amides is 2. The molecule has 3 rings (SSSR count). The summed E-state index contributed by atoms with van der Waals surface area (Å²) in [7, 11) is 0. The number of nitrogens with zero attached hydrogens (tertiary/aromatic N) is 1. The Bertz CT molecular complexity index is 584. The van der Waals surface area contributed by atoms with Crippen molar-refractivity contribution in [2.75, 3.05) is 13.1 Å². The molecule has 0 spiro atoms. The molecule has 2 amide bonds. The number of likely N-dealkylation sites (tertiary alicyclic amines) is 1. The van der Waals surface area contributed by atoms with Crippen LogP contribution in [0.1, 0.15) is 56.6 Å². The van der Waals surface area contributed by atoms with Gasteiger partial charge in [-0.25, -0.2) is 0 Å². The second kappa shape index (κ2) is 8.48. The van der Waals surface area contributed by atoms with Gasteiger partial charge in [0.15, 0.2) is 0 Å². The third kappa shape index (κ3) is 4.60. The van der Waals surface area contributed by atoms with Crippen molar-refractivity contribution in [3.63, 3.8) is 0 Å². The molecule has 5 heteroatoms. The Morgan fingerprint density at radius 3 is 2.44 bits per heavy atom. The SMILES string of the molecule is NC(=O)[C@H](c1ccccc1)N1CCC[C@H](C(=O)NC2CCCCC2)C1. The van der Waals surface area contributed by atoms with Crippen LogP contribution in [0.25, 0.3) is 0 Å². The largest absolute Gasteiger partial charge is 0.368 e. The first kappa shape index (κ1) is 17.9. The van der Waals surface area contributed by atoms with Gasteiger partial charge in [-0.05, 0) is 37.8 Å². The molecule has 2 atom stereocenters. The number of rotatable bonds is 5. The maximum absolute atomic E-state index is 12.7. The van der Waals surface area contributed by atoms with E-state index in [1.165, 1.54) is 19.3 Å². The van der Waals surface area contributed by atoms with E-state index in [1.54, 1.807) is 0 Å². The Morgan fingerprint density at radius 2 is 1.76 bits per heavy atom. The van der Waals surface area contributed by atoms with E-state index in [0.717, 1.165) is 37.8 Å². The van der Waals surface area contributed by atoms with Gasteiger partial charge < -0.3 is 11.1 Å². The quantitative estimate of drug-likeness (QED) is 0.862. The molecule has 5 nitrogen and oxygen atoms in total. The number of hydrogen-bond acceptors (Lipinski definition) is 3. The fourth-order valence-corrected chi connectivity index (χ4v) is 4.21. The summed E-state index contributed by atoms with van der Waals surface area (Å²) in [4.78, 5) is 26.8. The highest BCUT2D eigenvalue weighted by molar-refractivity contribution is 5.82. The minimum atomic E-state index is -0.452. The lowest BCUT2D eigenvalue weighted by molar-refractivity contribution is -0.131. The molecule has 1 saturated heterocycles. The van der Waals surface area contributed by atoms with Crippen LogP contribution in [-0.4, -0.2) is 35.8 Å². The van der Waals surface area contributed by atoms with Gasteiger partial charge in [0.2, 0.25) is 11.8 Å². The van der Waals surface area contributed by atoms with Crippen molar-refractivity contribution >= 4 is 11.8 Å². The molecule has 2 aliphatic rings. The van der Waals surface area contributed by atoms with Crippen LogP contribution in [0, 0.1) is 5.92 Å². The van der Waals surface area contributed by atoms with Crippen molar-refractivity contribution in [2.24, 2.45) is 11.7 Å². The fourth-order valence-electron chi connectivity index (χ4n) is 4.21. The summed E-state index contributed by atoms with van der Waals surface area (Å²) in [5.41, 5.74) is 6.60. The van der Waals surface area contributed by atoms with Crippen molar-refractivity contribution in [3.05, 3.63) is 35.9 Å². The minimum Gasteiger partial charge on any atom is -0.368 e. The zero-order valence-electron chi connectivity index (χ0n) is 14.8. The van der Waals surface area contributed by atoms with Crippen molar-refractivity contribution < 1.29 is 9.59 Å². The number of nitrogens with one attached hydrogen (secondary N) is 1. The lowest BCUT2D eigenvalue weighted by atomic mass is 9.91. The van der Waals surface area contributed by atoms with Gasteiger partial charge in [0.25, 0.3) is 0 Å². The lowest BCUT2D eigenvalue weighted by Gasteiger charge is -2.37. The van der Waals surface area contributed by atoms with Crippen molar-refractivity contribution in [1.82, 2.24) is 10.2 Å². The zero-order valence-corrected chi connectivity index (χ0v) is 14.8. The Balaban J connectivity index is 1.64. The summed E-state index contributed by atoms with van der Waals surface area (Å²) in [6.07, 6.45) is 7.68. The Labute approximate surface area is 150 Å². The van der Waals surface area contributed by atoms with Crippen molar-refractivity contribution in [1.29, 1.82) is 0 Å². The second-order valence-corrected chi connectivity index (χ2v) is 7.39. The van der Waals surface area contributed by atoms with Gasteiger partial charge in [-0.2, -0.15) is 0 Å². The van der Waals surface area contributed by atoms with Gasteiger partial charge in [0.05, 0.1) is 5.92 Å². The third-order valence-corrected chi connectivity index (χ3v) is 5.53. The highest BCUT2D eigenvalue weighted by Crippen LogP contribution is 2.27. The van der Waals surface area contributed by atoms with E-state index in [-0.39, 0.29) is 17.7 Å². The van der Waals surface area contributed by atoms with Gasteiger partial charge in [0, 0.05) is 12.6 Å². The summed E-state index contributed by atoms with van der Waals surface area (Å²) in [6.45, 7) is 1.40. The van der Waals surface area contributed by atoms with Crippen LogP contribution in [0.2, 0.25) is 0 Å². The smallest absolute Gasteiger partial charge is 0.239 e. The summed E-state index contributed by atoms with van der Waals surface area (Å²) < 4.78 is 0. The average Bonchev–Trinajstić information content (AvgIpc) is 2.63. The molecule has 1 aromatic rings. The van der Waals surface area contributed by atoms with Crippen LogP contribution in [-0.2, 0) is 9.59 Å². The molecule has 1 saturated carbocycles. The molecule has 0 unspecified atom stereocenters. The molecule has 1 heterocycles. The summed E-state index contributed by atoms with van der Waals surface area (Å²) >= 11 is 0. The van der Waals surface area contributed by atoms with E-state index in [1.807, 2.05) is 30.3 Å². The second-order valence-electron chi connectivity index (χ2n) is 7.39. The topological polar surface area (TPSA) is 75.4 Å². The number of carbonyl (C=O) groups excluding carboxylic acids is 2. The Morgan fingerprint density at radius 1 is 1.04 bits per heavy atom. The first-order valence-corrected chi connectivity index (χ1v) is 9.54. The maximum atomic E-state index is 12.7. The molecule has 25 heavy (non-hydrogen) atoms. The number of hydrogen-bond donors (Lipinski definition) is 2. The van der Waals surface area contributed by atoms with Gasteiger partial charge in [-0.3, -0.25) is 14.5 Å². The van der Waals surface area contributed by atoms with Crippen molar-refractivity contribution in [3.8, 4) is 0 Å². The van der Waals surface area contributed by atoms with Crippen LogP contribution in [0.5, 0.6) is 0 Å². The molecule has 1 aliphatic carbocycles. The first-order chi connectivity index (χ1) is 12.1. The lowest BCUT2D eigenvalue weighted by Crippen LogP contribution is -2.49. The highest BCUT2D eigenvalue weighted by Gasteiger charge is 2.33. The zero-order chi connectivity index (χ0) is 17.6. The number of carbonyl (C=O) groups is 2. The number of nitrogens with two attached hydrogens (primary N) is 1. The van der Waals surface area contributed by atoms with E-state index in [0.29, 0.717) is 12.6 Å². The molecular formula is C20H29N3O2. The van der Waals surface area contributed by atoms with Crippen LogP contribution < -0.4 is 11.1 Å². The van der Waals surface area contributed by atoms with Crippen LogP contribution >= 0.6 is 0 Å². The maximum Gasteiger partial charge on any atom is 0.239 e. The minimum absolute atomic E-state index is 0.0544. The predicted molar refractivity (Wildman–Crippen MR) is 97.7 cm³/mol. The van der Waals surface area contributed by atoms with E-state index < -0.39 is 6.04 Å². The van der Waals surface area contributed by atoms with Crippen LogP contribution in [0.3, 0.4) is 0 Å².